The largest absolute Gasteiger partial charge is 0.497 e. The van der Waals surface area contributed by atoms with Crippen molar-refractivity contribution in [3.63, 3.8) is 0 Å². The number of amides is 4. The topological polar surface area (TPSA) is 94.2 Å². The molecular weight excluding hydrogens is 472 g/mol. The molecule has 1 saturated heterocycles. The molecule has 0 aliphatic carbocycles. The van der Waals surface area contributed by atoms with E-state index in [0.717, 1.165) is 22.6 Å². The van der Waals surface area contributed by atoms with Crippen LogP contribution in [0.3, 0.4) is 0 Å². The second-order valence-electron chi connectivity index (χ2n) is 8.43. The summed E-state index contributed by atoms with van der Waals surface area (Å²) < 4.78 is 16.8. The van der Waals surface area contributed by atoms with E-state index in [1.165, 1.54) is 18.7 Å². The van der Waals surface area contributed by atoms with Crippen LogP contribution in [0.5, 0.6) is 17.2 Å². The number of imide groups is 2. The van der Waals surface area contributed by atoms with E-state index < -0.39 is 17.8 Å². The van der Waals surface area contributed by atoms with E-state index in [2.05, 4.69) is 18.3 Å². The number of aryl methyl sites for hydroxylation is 2. The number of carbonyl (C=O) groups excluding carboxylic acids is 3. The highest BCUT2D eigenvalue weighted by Gasteiger charge is 2.36. The summed E-state index contributed by atoms with van der Waals surface area (Å²) in [5.41, 5.74) is 3.09. The molecule has 0 unspecified atom stereocenters. The van der Waals surface area contributed by atoms with Crippen molar-refractivity contribution in [2.45, 2.75) is 20.3 Å². The molecule has 1 heterocycles. The predicted octanol–water partition coefficient (Wildman–Crippen LogP) is 4.69. The van der Waals surface area contributed by atoms with Crippen molar-refractivity contribution in [3.05, 3.63) is 89.0 Å². The van der Waals surface area contributed by atoms with Gasteiger partial charge in [0.15, 0.2) is 0 Å². The van der Waals surface area contributed by atoms with Gasteiger partial charge in [-0.25, -0.2) is 9.69 Å². The van der Waals surface area contributed by atoms with Crippen LogP contribution in [0.2, 0.25) is 0 Å². The van der Waals surface area contributed by atoms with Crippen molar-refractivity contribution in [1.82, 2.24) is 5.32 Å². The highest BCUT2D eigenvalue weighted by molar-refractivity contribution is 6.39. The number of nitrogens with zero attached hydrogens (tertiary/aromatic N) is 1. The quantitative estimate of drug-likeness (QED) is 0.260. The Hall–Kier alpha value is -4.59. The smallest absolute Gasteiger partial charge is 0.335 e. The average molecular weight is 501 g/mol. The standard InChI is InChI=1S/C29H28N2O6/c1-4-20-14-19(2)15-25(16-20)37-13-12-36-24-7-5-6-21(17-24)18-26-27(32)30-29(34)31(28(26)33)22-8-10-23(35-3)11-9-22/h5-11,14-18H,4,12-13H2,1-3H3,(H,30,32,34)/b26-18+. The van der Waals surface area contributed by atoms with Crippen molar-refractivity contribution in [2.24, 2.45) is 0 Å². The molecule has 3 aromatic carbocycles. The number of hydrogen-bond acceptors (Lipinski definition) is 6. The third kappa shape index (κ3) is 6.16. The molecule has 0 atom stereocenters. The lowest BCUT2D eigenvalue weighted by Crippen LogP contribution is -2.54. The van der Waals surface area contributed by atoms with E-state index in [1.807, 2.05) is 19.1 Å². The summed E-state index contributed by atoms with van der Waals surface area (Å²) in [4.78, 5) is 38.9. The zero-order valence-electron chi connectivity index (χ0n) is 20.9. The Bertz CT molecular complexity index is 1350. The van der Waals surface area contributed by atoms with Crippen molar-refractivity contribution in [3.8, 4) is 17.2 Å². The molecule has 190 valence electrons. The van der Waals surface area contributed by atoms with E-state index in [0.29, 0.717) is 36.0 Å². The van der Waals surface area contributed by atoms with Gasteiger partial charge in [-0.05, 0) is 84.6 Å². The first-order valence-electron chi connectivity index (χ1n) is 11.9. The molecule has 3 aromatic rings. The summed E-state index contributed by atoms with van der Waals surface area (Å²) in [5.74, 6) is 0.458. The van der Waals surface area contributed by atoms with E-state index in [-0.39, 0.29) is 5.57 Å². The number of methoxy groups -OCH3 is 1. The molecule has 1 N–H and O–H groups in total. The van der Waals surface area contributed by atoms with Crippen LogP contribution in [-0.4, -0.2) is 38.2 Å². The number of barbiturate groups is 1. The van der Waals surface area contributed by atoms with Crippen molar-refractivity contribution < 1.29 is 28.6 Å². The van der Waals surface area contributed by atoms with Gasteiger partial charge in [0.05, 0.1) is 12.8 Å². The fourth-order valence-corrected chi connectivity index (χ4v) is 3.92. The Morgan fingerprint density at radius 2 is 1.59 bits per heavy atom. The molecule has 8 nitrogen and oxygen atoms in total. The van der Waals surface area contributed by atoms with Crippen LogP contribution in [0.15, 0.2) is 72.3 Å². The van der Waals surface area contributed by atoms with E-state index in [4.69, 9.17) is 14.2 Å². The SMILES string of the molecule is CCc1cc(C)cc(OCCOc2cccc(/C=C3\C(=O)NC(=O)N(c4ccc(OC)cc4)C3=O)c2)c1. The lowest BCUT2D eigenvalue weighted by atomic mass is 10.1. The molecule has 4 amide bonds. The molecule has 8 heteroatoms. The molecule has 0 bridgehead atoms. The lowest BCUT2D eigenvalue weighted by Gasteiger charge is -2.26. The number of benzene rings is 3. The van der Waals surface area contributed by atoms with Crippen molar-refractivity contribution >= 4 is 29.6 Å². The van der Waals surface area contributed by atoms with Gasteiger partial charge in [-0.1, -0.05) is 25.1 Å². The van der Waals surface area contributed by atoms with Crippen LogP contribution in [0.1, 0.15) is 23.6 Å². The number of hydrogen-bond donors (Lipinski definition) is 1. The Balaban J connectivity index is 1.44. The van der Waals surface area contributed by atoms with Crippen LogP contribution in [0, 0.1) is 6.92 Å². The second-order valence-corrected chi connectivity index (χ2v) is 8.43. The maximum absolute atomic E-state index is 13.1. The zero-order valence-corrected chi connectivity index (χ0v) is 20.9. The molecule has 0 aromatic heterocycles. The van der Waals surface area contributed by atoms with Gasteiger partial charge in [-0.15, -0.1) is 0 Å². The highest BCUT2D eigenvalue weighted by atomic mass is 16.5. The molecule has 0 radical (unpaired) electrons. The summed E-state index contributed by atoms with van der Waals surface area (Å²) in [6.45, 7) is 4.81. The first-order chi connectivity index (χ1) is 17.9. The molecule has 1 aliphatic heterocycles. The third-order valence-electron chi connectivity index (χ3n) is 5.74. The van der Waals surface area contributed by atoms with Gasteiger partial charge in [-0.2, -0.15) is 0 Å². The minimum Gasteiger partial charge on any atom is -0.497 e. The number of carbonyl (C=O) groups is 3. The van der Waals surface area contributed by atoms with Gasteiger partial charge in [0, 0.05) is 0 Å². The van der Waals surface area contributed by atoms with Crippen LogP contribution >= 0.6 is 0 Å². The zero-order chi connectivity index (χ0) is 26.4. The number of ether oxygens (including phenoxy) is 3. The second kappa shape index (κ2) is 11.4. The Labute approximate surface area is 215 Å². The Kier molecular flexibility index (Phi) is 7.88. The summed E-state index contributed by atoms with van der Waals surface area (Å²) in [6, 6.07) is 18.7. The van der Waals surface area contributed by atoms with Gasteiger partial charge >= 0.3 is 6.03 Å². The Morgan fingerprint density at radius 3 is 2.30 bits per heavy atom. The minimum atomic E-state index is -0.811. The van der Waals surface area contributed by atoms with Crippen molar-refractivity contribution in [2.75, 3.05) is 25.2 Å². The molecule has 0 spiro atoms. The summed E-state index contributed by atoms with van der Waals surface area (Å²) in [6.07, 6.45) is 2.37. The van der Waals surface area contributed by atoms with Gasteiger partial charge < -0.3 is 14.2 Å². The lowest BCUT2D eigenvalue weighted by molar-refractivity contribution is -0.122. The fourth-order valence-electron chi connectivity index (χ4n) is 3.92. The minimum absolute atomic E-state index is 0.165. The number of urea groups is 1. The van der Waals surface area contributed by atoms with Gasteiger partial charge in [0.25, 0.3) is 11.8 Å². The predicted molar refractivity (Wildman–Crippen MR) is 140 cm³/mol. The van der Waals surface area contributed by atoms with Crippen LogP contribution in [0.4, 0.5) is 10.5 Å². The maximum atomic E-state index is 13.1. The first-order valence-corrected chi connectivity index (χ1v) is 11.9. The Morgan fingerprint density at radius 1 is 0.865 bits per heavy atom. The maximum Gasteiger partial charge on any atom is 0.335 e. The van der Waals surface area contributed by atoms with E-state index in [1.54, 1.807) is 48.5 Å². The van der Waals surface area contributed by atoms with Crippen LogP contribution in [-0.2, 0) is 16.0 Å². The van der Waals surface area contributed by atoms with Gasteiger partial charge in [0.2, 0.25) is 0 Å². The number of anilines is 1. The van der Waals surface area contributed by atoms with E-state index in [9.17, 15) is 14.4 Å². The summed E-state index contributed by atoms with van der Waals surface area (Å²) in [5, 5.41) is 2.22. The average Bonchev–Trinajstić information content (AvgIpc) is 2.89. The van der Waals surface area contributed by atoms with Crippen LogP contribution in [0.25, 0.3) is 6.08 Å². The third-order valence-corrected chi connectivity index (χ3v) is 5.74. The van der Waals surface area contributed by atoms with Crippen LogP contribution < -0.4 is 24.4 Å². The number of nitrogens with one attached hydrogen (secondary N) is 1. The summed E-state index contributed by atoms with van der Waals surface area (Å²) >= 11 is 0. The summed E-state index contributed by atoms with van der Waals surface area (Å²) in [7, 11) is 1.52. The van der Waals surface area contributed by atoms with Gasteiger partial charge in [0.1, 0.15) is 36.0 Å². The normalized spacial score (nSPS) is 14.5. The molecule has 37 heavy (non-hydrogen) atoms. The molecule has 4 rings (SSSR count). The molecule has 1 aliphatic rings. The number of rotatable bonds is 9. The monoisotopic (exact) mass is 500 g/mol. The van der Waals surface area contributed by atoms with Crippen molar-refractivity contribution in [1.29, 1.82) is 0 Å². The highest BCUT2D eigenvalue weighted by Crippen LogP contribution is 2.25. The molecular formula is C29H28N2O6. The molecule has 1 fully saturated rings. The van der Waals surface area contributed by atoms with Gasteiger partial charge in [-0.3, -0.25) is 14.9 Å². The molecule has 0 saturated carbocycles. The van der Waals surface area contributed by atoms with E-state index >= 15 is 0 Å². The fraction of sp³-hybridized carbons (Fsp3) is 0.207. The first kappa shape index (κ1) is 25.5.